The molecule has 0 unspecified atom stereocenters. The third-order valence-electron chi connectivity index (χ3n) is 5.83. The van der Waals surface area contributed by atoms with Gasteiger partial charge in [-0.15, -0.1) is 12.4 Å². The molecule has 0 amide bonds. The first-order valence-electron chi connectivity index (χ1n) is 10.0. The Hall–Kier alpha value is -2.09. The van der Waals surface area contributed by atoms with Crippen LogP contribution in [0.1, 0.15) is 49.3 Å². The Bertz CT molecular complexity index is 824. The molecule has 0 bridgehead atoms. The zero-order valence-corrected chi connectivity index (χ0v) is 17.5. The molecule has 3 heterocycles. The summed E-state index contributed by atoms with van der Waals surface area (Å²) in [6.45, 7) is 4.11. The summed E-state index contributed by atoms with van der Waals surface area (Å²) >= 11 is 0. The van der Waals surface area contributed by atoms with E-state index in [1.54, 1.807) is 0 Å². The summed E-state index contributed by atoms with van der Waals surface area (Å²) in [5.41, 5.74) is 3.40. The van der Waals surface area contributed by atoms with Gasteiger partial charge in [-0.05, 0) is 69.1 Å². The second-order valence-electron chi connectivity index (χ2n) is 7.77. The minimum atomic E-state index is -0.745. The Kier molecular flexibility index (Phi) is 8.49. The number of piperidine rings is 2. The summed E-state index contributed by atoms with van der Waals surface area (Å²) in [6.07, 6.45) is 10.3. The number of hydrogen-bond acceptors (Lipinski definition) is 4. The van der Waals surface area contributed by atoms with Crippen molar-refractivity contribution in [1.82, 2.24) is 20.0 Å². The van der Waals surface area contributed by atoms with Crippen molar-refractivity contribution in [2.45, 2.75) is 38.0 Å². The predicted octanol–water partition coefficient (Wildman–Crippen LogP) is 2.88. The number of hydrogen-bond donors (Lipinski definition) is 2. The van der Waals surface area contributed by atoms with Gasteiger partial charge in [-0.2, -0.15) is 5.10 Å². The standard InChI is InChI=1S/C21H28N4O2.ClH.H2O/c26-20(27)15-25-12-7-17(8-13-25)21-18-5-4-16(14-19(18)22-23-21)6-11-24-9-2-1-3-10-24;;/h4-6,11,14,17H,1-3,7-10,12-13,15H2,(H,22,23)(H,26,27);1H;1H2/b11-6+;;. The normalized spacial score (nSPS) is 18.6. The van der Waals surface area contributed by atoms with Crippen molar-refractivity contribution >= 4 is 35.4 Å². The number of carbonyl (C=O) groups is 1. The summed E-state index contributed by atoms with van der Waals surface area (Å²) in [7, 11) is 0. The second-order valence-corrected chi connectivity index (χ2v) is 7.77. The molecule has 2 aromatic rings. The molecule has 4 N–H and O–H groups in total. The summed E-state index contributed by atoms with van der Waals surface area (Å²) < 4.78 is 0. The maximum absolute atomic E-state index is 10.9. The van der Waals surface area contributed by atoms with E-state index in [1.165, 1.54) is 35.9 Å². The fraction of sp³-hybridized carbons (Fsp3) is 0.524. The number of rotatable bonds is 5. The Morgan fingerprint density at radius 1 is 1.17 bits per heavy atom. The maximum atomic E-state index is 10.9. The number of nitrogens with zero attached hydrogens (tertiary/aromatic N) is 3. The van der Waals surface area contributed by atoms with Crippen molar-refractivity contribution in [2.75, 3.05) is 32.7 Å². The van der Waals surface area contributed by atoms with E-state index >= 15 is 0 Å². The van der Waals surface area contributed by atoms with E-state index in [-0.39, 0.29) is 24.4 Å². The Balaban J connectivity index is 0.00000150. The number of likely N-dealkylation sites (tertiary alicyclic amines) is 2. The van der Waals surface area contributed by atoms with E-state index in [1.807, 2.05) is 4.90 Å². The molecule has 1 aromatic heterocycles. The third kappa shape index (κ3) is 5.72. The summed E-state index contributed by atoms with van der Waals surface area (Å²) in [5.74, 6) is -0.319. The van der Waals surface area contributed by atoms with Gasteiger partial charge in [0.1, 0.15) is 0 Å². The van der Waals surface area contributed by atoms with E-state index in [0.29, 0.717) is 5.92 Å². The molecule has 7 nitrogen and oxygen atoms in total. The van der Waals surface area contributed by atoms with E-state index in [4.69, 9.17) is 5.11 Å². The highest BCUT2D eigenvalue weighted by atomic mass is 35.5. The molecule has 4 rings (SSSR count). The molecule has 0 atom stereocenters. The molecule has 160 valence electrons. The van der Waals surface area contributed by atoms with Crippen LogP contribution in [0.15, 0.2) is 24.4 Å². The summed E-state index contributed by atoms with van der Waals surface area (Å²) in [5, 5.41) is 17.9. The van der Waals surface area contributed by atoms with Crippen LogP contribution in [0.3, 0.4) is 0 Å². The number of aromatic amines is 1. The van der Waals surface area contributed by atoms with Crippen LogP contribution in [-0.2, 0) is 4.79 Å². The number of halogens is 1. The molecular formula is C21H31ClN4O3. The van der Waals surface area contributed by atoms with Gasteiger partial charge in [-0.25, -0.2) is 0 Å². The number of aromatic nitrogens is 2. The lowest BCUT2D eigenvalue weighted by atomic mass is 9.91. The molecule has 1 aromatic carbocycles. The summed E-state index contributed by atoms with van der Waals surface area (Å²) in [6, 6.07) is 6.49. The second kappa shape index (κ2) is 10.6. The number of aliphatic carboxylic acids is 1. The number of H-pyrrole nitrogens is 1. The quantitative estimate of drug-likeness (QED) is 0.770. The first kappa shape index (κ1) is 23.2. The van der Waals surface area contributed by atoms with Gasteiger partial charge < -0.3 is 15.5 Å². The van der Waals surface area contributed by atoms with E-state index < -0.39 is 5.97 Å². The number of benzene rings is 1. The van der Waals surface area contributed by atoms with Crippen molar-refractivity contribution in [1.29, 1.82) is 0 Å². The van der Waals surface area contributed by atoms with Crippen molar-refractivity contribution < 1.29 is 15.4 Å². The lowest BCUT2D eigenvalue weighted by Crippen LogP contribution is -2.36. The van der Waals surface area contributed by atoms with Crippen LogP contribution in [0.2, 0.25) is 0 Å². The highest BCUT2D eigenvalue weighted by Gasteiger charge is 2.24. The number of fused-ring (bicyclic) bond motifs is 1. The van der Waals surface area contributed by atoms with E-state index in [9.17, 15) is 4.79 Å². The minimum Gasteiger partial charge on any atom is -0.480 e. The predicted molar refractivity (Wildman–Crippen MR) is 117 cm³/mol. The van der Waals surface area contributed by atoms with E-state index in [2.05, 4.69) is 45.6 Å². The van der Waals surface area contributed by atoms with Crippen LogP contribution in [-0.4, -0.2) is 69.3 Å². The molecule has 2 aliphatic rings. The molecule has 0 radical (unpaired) electrons. The van der Waals surface area contributed by atoms with Gasteiger partial charge in [-0.3, -0.25) is 14.8 Å². The van der Waals surface area contributed by atoms with Crippen molar-refractivity contribution in [3.63, 3.8) is 0 Å². The first-order chi connectivity index (χ1) is 13.2. The lowest BCUT2D eigenvalue weighted by molar-refractivity contribution is -0.138. The molecule has 2 aliphatic heterocycles. The van der Waals surface area contributed by atoms with Crippen molar-refractivity contribution in [2.24, 2.45) is 0 Å². The molecule has 0 spiro atoms. The molecular weight excluding hydrogens is 392 g/mol. The largest absolute Gasteiger partial charge is 0.480 e. The topological polar surface area (TPSA) is 104 Å². The van der Waals surface area contributed by atoms with E-state index in [0.717, 1.165) is 44.5 Å². The smallest absolute Gasteiger partial charge is 0.317 e. The zero-order chi connectivity index (χ0) is 18.6. The fourth-order valence-electron chi connectivity index (χ4n) is 4.29. The lowest BCUT2D eigenvalue weighted by Gasteiger charge is -2.30. The zero-order valence-electron chi connectivity index (χ0n) is 16.6. The van der Waals surface area contributed by atoms with Crippen LogP contribution in [0, 0.1) is 0 Å². The molecule has 29 heavy (non-hydrogen) atoms. The van der Waals surface area contributed by atoms with Gasteiger partial charge in [0.05, 0.1) is 12.1 Å². The van der Waals surface area contributed by atoms with Crippen LogP contribution in [0.4, 0.5) is 0 Å². The fourth-order valence-corrected chi connectivity index (χ4v) is 4.29. The molecule has 0 saturated carbocycles. The van der Waals surface area contributed by atoms with Crippen molar-refractivity contribution in [3.8, 4) is 0 Å². The summed E-state index contributed by atoms with van der Waals surface area (Å²) in [4.78, 5) is 15.3. The number of nitrogens with one attached hydrogen (secondary N) is 1. The Morgan fingerprint density at radius 2 is 1.90 bits per heavy atom. The van der Waals surface area contributed by atoms with Crippen molar-refractivity contribution in [3.05, 3.63) is 35.7 Å². The minimum absolute atomic E-state index is 0. The highest BCUT2D eigenvalue weighted by Crippen LogP contribution is 2.32. The highest BCUT2D eigenvalue weighted by molar-refractivity contribution is 5.85. The van der Waals surface area contributed by atoms with Gasteiger partial charge in [0.2, 0.25) is 0 Å². The van der Waals surface area contributed by atoms with Crippen LogP contribution >= 0.6 is 12.4 Å². The van der Waals surface area contributed by atoms with Crippen LogP contribution in [0.25, 0.3) is 17.0 Å². The molecule has 8 heteroatoms. The van der Waals surface area contributed by atoms with Gasteiger partial charge in [-0.1, -0.05) is 12.1 Å². The first-order valence-corrected chi connectivity index (χ1v) is 10.0. The van der Waals surface area contributed by atoms with Gasteiger partial charge in [0.25, 0.3) is 0 Å². The average molecular weight is 423 g/mol. The monoisotopic (exact) mass is 422 g/mol. The molecule has 0 aliphatic carbocycles. The van der Waals surface area contributed by atoms with Crippen LogP contribution in [0.5, 0.6) is 0 Å². The Morgan fingerprint density at radius 3 is 2.59 bits per heavy atom. The number of carboxylic acid groups (broad SMARTS) is 1. The maximum Gasteiger partial charge on any atom is 0.317 e. The van der Waals surface area contributed by atoms with Gasteiger partial charge in [0, 0.05) is 30.1 Å². The molecule has 2 saturated heterocycles. The average Bonchev–Trinajstić information content (AvgIpc) is 3.10. The molecule has 2 fully saturated rings. The van der Waals surface area contributed by atoms with Gasteiger partial charge in [0.15, 0.2) is 0 Å². The third-order valence-corrected chi connectivity index (χ3v) is 5.83. The Labute approximate surface area is 177 Å². The SMILES string of the molecule is Cl.O.O=C(O)CN1CCC(c2[nH]nc3cc(/C=C/N4CCCCC4)ccc23)CC1. The van der Waals surface area contributed by atoms with Gasteiger partial charge >= 0.3 is 5.97 Å². The van der Waals surface area contributed by atoms with Crippen LogP contribution < -0.4 is 0 Å². The number of carboxylic acids is 1.